The molecule has 5 rings (SSSR count). The third-order valence-electron chi connectivity index (χ3n) is 5.99. The minimum absolute atomic E-state index is 0.187. The zero-order chi connectivity index (χ0) is 18.5. The molecule has 1 amide bonds. The van der Waals surface area contributed by atoms with Crippen molar-refractivity contribution in [2.24, 2.45) is 14.1 Å². The summed E-state index contributed by atoms with van der Waals surface area (Å²) in [5, 5.41) is 9.97. The van der Waals surface area contributed by atoms with Gasteiger partial charge in [0.1, 0.15) is 0 Å². The maximum atomic E-state index is 13.2. The molecule has 2 bridgehead atoms. The molecule has 0 aliphatic carbocycles. The number of rotatable bonds is 3. The van der Waals surface area contributed by atoms with E-state index in [2.05, 4.69) is 33.3 Å². The highest BCUT2D eigenvalue weighted by Crippen LogP contribution is 2.38. The summed E-state index contributed by atoms with van der Waals surface area (Å²) >= 11 is 0. The van der Waals surface area contributed by atoms with E-state index in [4.69, 9.17) is 0 Å². The molecule has 6 nitrogen and oxygen atoms in total. The van der Waals surface area contributed by atoms with Gasteiger partial charge in [-0.15, -0.1) is 0 Å². The molecule has 0 unspecified atom stereocenters. The van der Waals surface area contributed by atoms with Crippen molar-refractivity contribution < 1.29 is 4.79 Å². The SMILES string of the molecule is Cn1nccc1C1=C[C@H]2CC[C@@H](C1)N2C(=O)Cc1nn(C)c2ccccc12. The Labute approximate surface area is 158 Å². The van der Waals surface area contributed by atoms with Crippen molar-refractivity contribution >= 4 is 22.4 Å². The zero-order valence-electron chi connectivity index (χ0n) is 15.7. The van der Waals surface area contributed by atoms with Gasteiger partial charge in [-0.25, -0.2) is 0 Å². The van der Waals surface area contributed by atoms with Gasteiger partial charge in [-0.2, -0.15) is 10.2 Å². The van der Waals surface area contributed by atoms with Crippen LogP contribution in [-0.2, 0) is 25.3 Å². The van der Waals surface area contributed by atoms with Crippen LogP contribution in [0.4, 0.5) is 0 Å². The number of carbonyl (C=O) groups excluding carboxylic acids is 1. The third-order valence-corrected chi connectivity index (χ3v) is 5.99. The molecule has 1 saturated heterocycles. The summed E-state index contributed by atoms with van der Waals surface area (Å²) in [6, 6.07) is 10.6. The fourth-order valence-electron chi connectivity index (χ4n) is 4.75. The molecule has 27 heavy (non-hydrogen) atoms. The van der Waals surface area contributed by atoms with E-state index in [9.17, 15) is 4.79 Å². The summed E-state index contributed by atoms with van der Waals surface area (Å²) in [7, 11) is 3.91. The lowest BCUT2D eigenvalue weighted by Crippen LogP contribution is -2.43. The van der Waals surface area contributed by atoms with Gasteiger partial charge >= 0.3 is 0 Å². The van der Waals surface area contributed by atoms with E-state index in [-0.39, 0.29) is 18.0 Å². The smallest absolute Gasteiger partial charge is 0.229 e. The summed E-state index contributed by atoms with van der Waals surface area (Å²) in [6.45, 7) is 0. The lowest BCUT2D eigenvalue weighted by Gasteiger charge is -2.34. The summed E-state index contributed by atoms with van der Waals surface area (Å²) in [5.41, 5.74) is 4.42. The fourth-order valence-corrected chi connectivity index (χ4v) is 4.75. The fraction of sp³-hybridized carbons (Fsp3) is 0.381. The van der Waals surface area contributed by atoms with Gasteiger partial charge in [0.2, 0.25) is 5.91 Å². The summed E-state index contributed by atoms with van der Waals surface area (Å²) in [4.78, 5) is 15.3. The molecule has 3 aromatic rings. The monoisotopic (exact) mass is 361 g/mol. The number of nitrogens with zero attached hydrogens (tertiary/aromatic N) is 5. The van der Waals surface area contributed by atoms with Crippen LogP contribution >= 0.6 is 0 Å². The van der Waals surface area contributed by atoms with Crippen LogP contribution in [0.25, 0.3) is 16.5 Å². The number of fused-ring (bicyclic) bond motifs is 3. The van der Waals surface area contributed by atoms with Crippen LogP contribution in [0.5, 0.6) is 0 Å². The predicted molar refractivity (Wildman–Crippen MR) is 104 cm³/mol. The molecule has 2 aliphatic rings. The number of para-hydroxylation sites is 1. The molecule has 2 atom stereocenters. The lowest BCUT2D eigenvalue weighted by atomic mass is 9.98. The average molecular weight is 361 g/mol. The summed E-state index contributed by atoms with van der Waals surface area (Å²) in [6.07, 6.45) is 7.49. The minimum Gasteiger partial charge on any atom is -0.333 e. The van der Waals surface area contributed by atoms with Crippen molar-refractivity contribution in [1.82, 2.24) is 24.5 Å². The third kappa shape index (κ3) is 2.59. The van der Waals surface area contributed by atoms with E-state index >= 15 is 0 Å². The van der Waals surface area contributed by atoms with E-state index in [0.717, 1.165) is 41.6 Å². The highest BCUT2D eigenvalue weighted by molar-refractivity contribution is 5.88. The zero-order valence-corrected chi connectivity index (χ0v) is 15.7. The van der Waals surface area contributed by atoms with Crippen LogP contribution in [0.2, 0.25) is 0 Å². The van der Waals surface area contributed by atoms with Gasteiger partial charge in [-0.05, 0) is 37.0 Å². The number of aromatic nitrogens is 4. The molecule has 1 aromatic carbocycles. The second-order valence-electron chi connectivity index (χ2n) is 7.60. The second kappa shape index (κ2) is 6.08. The van der Waals surface area contributed by atoms with Crippen LogP contribution in [0.15, 0.2) is 42.6 Å². The maximum absolute atomic E-state index is 13.2. The Bertz CT molecular complexity index is 1060. The number of hydrogen-bond donors (Lipinski definition) is 0. The summed E-state index contributed by atoms with van der Waals surface area (Å²) in [5.74, 6) is 0.187. The Morgan fingerprint density at radius 3 is 2.78 bits per heavy atom. The lowest BCUT2D eigenvalue weighted by molar-refractivity contribution is -0.132. The van der Waals surface area contributed by atoms with Crippen LogP contribution < -0.4 is 0 Å². The number of benzene rings is 1. The first-order valence-corrected chi connectivity index (χ1v) is 9.52. The van der Waals surface area contributed by atoms with Gasteiger partial charge in [-0.3, -0.25) is 14.2 Å². The van der Waals surface area contributed by atoms with Crippen LogP contribution in [0.1, 0.15) is 30.7 Å². The largest absolute Gasteiger partial charge is 0.333 e. The Morgan fingerprint density at radius 1 is 1.15 bits per heavy atom. The highest BCUT2D eigenvalue weighted by atomic mass is 16.2. The standard InChI is InChI=1S/C21H23N5O/c1-24-19(9-10-22-24)14-11-15-7-8-16(12-14)26(15)21(27)13-18-17-5-3-4-6-20(17)25(2)23-18/h3-6,9-11,15-16H,7-8,12-13H2,1-2H3/t15-,16+/m1/s1. The van der Waals surface area contributed by atoms with Crippen molar-refractivity contribution in [2.75, 3.05) is 0 Å². The molecule has 0 spiro atoms. The molecule has 1 fully saturated rings. The number of hydrogen-bond acceptors (Lipinski definition) is 3. The van der Waals surface area contributed by atoms with Gasteiger partial charge < -0.3 is 4.90 Å². The molecule has 0 N–H and O–H groups in total. The van der Waals surface area contributed by atoms with E-state index in [1.807, 2.05) is 47.9 Å². The van der Waals surface area contributed by atoms with Crippen molar-refractivity contribution in [2.45, 2.75) is 37.8 Å². The normalized spacial score (nSPS) is 21.7. The quantitative estimate of drug-likeness (QED) is 0.721. The van der Waals surface area contributed by atoms with Crippen molar-refractivity contribution in [3.8, 4) is 0 Å². The van der Waals surface area contributed by atoms with Crippen molar-refractivity contribution in [3.63, 3.8) is 0 Å². The van der Waals surface area contributed by atoms with E-state index < -0.39 is 0 Å². The Hall–Kier alpha value is -2.89. The summed E-state index contributed by atoms with van der Waals surface area (Å²) < 4.78 is 3.78. The highest BCUT2D eigenvalue weighted by Gasteiger charge is 2.40. The molecule has 138 valence electrons. The van der Waals surface area contributed by atoms with Gasteiger partial charge in [0.05, 0.1) is 29.4 Å². The van der Waals surface area contributed by atoms with Gasteiger partial charge in [0.15, 0.2) is 0 Å². The van der Waals surface area contributed by atoms with Gasteiger partial charge in [-0.1, -0.05) is 24.3 Å². The minimum atomic E-state index is 0.187. The Kier molecular flexibility index (Phi) is 3.67. The Balaban J connectivity index is 1.41. The van der Waals surface area contributed by atoms with Crippen molar-refractivity contribution in [3.05, 3.63) is 54.0 Å². The van der Waals surface area contributed by atoms with Crippen LogP contribution in [-0.4, -0.2) is 42.5 Å². The Morgan fingerprint density at radius 2 is 2.00 bits per heavy atom. The molecule has 0 radical (unpaired) electrons. The topological polar surface area (TPSA) is 56.0 Å². The first kappa shape index (κ1) is 16.3. The van der Waals surface area contributed by atoms with E-state index in [1.54, 1.807) is 0 Å². The van der Waals surface area contributed by atoms with Gasteiger partial charge in [0.25, 0.3) is 0 Å². The van der Waals surface area contributed by atoms with Crippen LogP contribution in [0.3, 0.4) is 0 Å². The van der Waals surface area contributed by atoms with Crippen molar-refractivity contribution in [1.29, 1.82) is 0 Å². The first-order chi connectivity index (χ1) is 13.1. The van der Waals surface area contributed by atoms with E-state index in [1.165, 1.54) is 5.57 Å². The number of carbonyl (C=O) groups is 1. The predicted octanol–water partition coefficient (Wildman–Crippen LogP) is 2.70. The molecule has 2 aromatic heterocycles. The molecule has 2 aliphatic heterocycles. The second-order valence-corrected chi connectivity index (χ2v) is 7.60. The molecule has 4 heterocycles. The first-order valence-electron chi connectivity index (χ1n) is 9.52. The average Bonchev–Trinajstić information content (AvgIpc) is 3.30. The number of aryl methyl sites for hydroxylation is 2. The van der Waals surface area contributed by atoms with Crippen LogP contribution in [0, 0.1) is 0 Å². The number of amides is 1. The molecule has 6 heteroatoms. The van der Waals surface area contributed by atoms with E-state index in [0.29, 0.717) is 6.42 Å². The maximum Gasteiger partial charge on any atom is 0.229 e. The van der Waals surface area contributed by atoms with Gasteiger partial charge in [0, 0.05) is 31.7 Å². The molecule has 0 saturated carbocycles. The molecular weight excluding hydrogens is 338 g/mol. The molecular formula is C21H23N5O.